The van der Waals surface area contributed by atoms with Crippen LogP contribution in [0.5, 0.6) is 0 Å². The third-order valence-electron chi connectivity index (χ3n) is 5.63. The van der Waals surface area contributed by atoms with Gasteiger partial charge < -0.3 is 10.2 Å². The lowest BCUT2D eigenvalue weighted by molar-refractivity contribution is -0.118. The molecule has 4 aromatic rings. The molecule has 5 rings (SSSR count). The van der Waals surface area contributed by atoms with E-state index in [1.54, 1.807) is 47.2 Å². The highest BCUT2D eigenvalue weighted by Crippen LogP contribution is 2.30. The van der Waals surface area contributed by atoms with Crippen molar-refractivity contribution in [3.63, 3.8) is 0 Å². The minimum Gasteiger partial charge on any atom is -0.333 e. The van der Waals surface area contributed by atoms with Gasteiger partial charge in [-0.15, -0.1) is 0 Å². The van der Waals surface area contributed by atoms with E-state index in [0.29, 0.717) is 23.3 Å². The quantitative estimate of drug-likeness (QED) is 0.541. The molecule has 0 unspecified atom stereocenters. The Bertz CT molecular complexity index is 1340. The molecule has 2 aromatic heterocycles. The monoisotopic (exact) mass is 429 g/mol. The highest BCUT2D eigenvalue weighted by molar-refractivity contribution is 6.06. The molecule has 0 fully saturated rings. The number of nitrogens with zero attached hydrogens (tertiary/aromatic N) is 4. The molecule has 8 heteroatoms. The van der Waals surface area contributed by atoms with Gasteiger partial charge in [0.05, 0.1) is 22.5 Å². The number of amides is 2. The zero-order valence-electron chi connectivity index (χ0n) is 17.3. The fourth-order valence-corrected chi connectivity index (χ4v) is 4.14. The summed E-state index contributed by atoms with van der Waals surface area (Å²) in [4.78, 5) is 32.6. The van der Waals surface area contributed by atoms with Gasteiger partial charge in [0.1, 0.15) is 11.7 Å². The van der Waals surface area contributed by atoms with Crippen molar-refractivity contribution in [3.05, 3.63) is 89.6 Å². The summed E-state index contributed by atoms with van der Waals surface area (Å²) in [5, 5.41) is 7.96. The average molecular weight is 429 g/mol. The number of halogens is 1. The van der Waals surface area contributed by atoms with Gasteiger partial charge in [0.25, 0.3) is 5.91 Å². The Morgan fingerprint density at radius 1 is 1.09 bits per heavy atom. The molecule has 0 saturated heterocycles. The van der Waals surface area contributed by atoms with E-state index >= 15 is 0 Å². The molecule has 0 bridgehead atoms. The average Bonchev–Trinajstić information content (AvgIpc) is 3.19. The van der Waals surface area contributed by atoms with Crippen LogP contribution in [0.2, 0.25) is 0 Å². The molecule has 1 aliphatic heterocycles. The minimum absolute atomic E-state index is 0.0942. The first-order valence-electron chi connectivity index (χ1n) is 10.2. The van der Waals surface area contributed by atoms with Crippen LogP contribution in [-0.4, -0.2) is 38.0 Å². The van der Waals surface area contributed by atoms with Crippen molar-refractivity contribution in [1.82, 2.24) is 19.7 Å². The van der Waals surface area contributed by atoms with Crippen molar-refractivity contribution in [2.45, 2.75) is 12.5 Å². The number of benzene rings is 2. The Balaban J connectivity index is 1.48. The zero-order valence-corrected chi connectivity index (χ0v) is 17.3. The fraction of sp³-hybridized carbons (Fsp3) is 0.167. The zero-order chi connectivity index (χ0) is 22.2. The van der Waals surface area contributed by atoms with Gasteiger partial charge in [-0.3, -0.25) is 19.3 Å². The molecule has 32 heavy (non-hydrogen) atoms. The molecule has 1 aliphatic rings. The molecule has 2 aromatic carbocycles. The number of rotatable bonds is 3. The van der Waals surface area contributed by atoms with Crippen molar-refractivity contribution in [1.29, 1.82) is 0 Å². The molecule has 0 radical (unpaired) electrons. The minimum atomic E-state index is -0.730. The largest absolute Gasteiger partial charge is 0.333 e. The first kappa shape index (κ1) is 19.9. The van der Waals surface area contributed by atoms with Crippen LogP contribution in [0.25, 0.3) is 10.9 Å². The summed E-state index contributed by atoms with van der Waals surface area (Å²) in [6.07, 6.45) is 3.46. The number of carbonyl (C=O) groups excluding carboxylic acids is 2. The van der Waals surface area contributed by atoms with Gasteiger partial charge in [0.2, 0.25) is 5.91 Å². The number of aromatic nitrogens is 3. The summed E-state index contributed by atoms with van der Waals surface area (Å²) < 4.78 is 15.7. The lowest BCUT2D eigenvalue weighted by Crippen LogP contribution is -2.42. The lowest BCUT2D eigenvalue weighted by atomic mass is 9.94. The van der Waals surface area contributed by atoms with Gasteiger partial charge in [0.15, 0.2) is 0 Å². The molecule has 0 saturated carbocycles. The number of hydrogen-bond acceptors (Lipinski definition) is 4. The summed E-state index contributed by atoms with van der Waals surface area (Å²) in [7, 11) is 1.77. The highest BCUT2D eigenvalue weighted by atomic mass is 19.1. The lowest BCUT2D eigenvalue weighted by Gasteiger charge is -2.31. The van der Waals surface area contributed by atoms with E-state index in [4.69, 9.17) is 0 Å². The molecule has 2 amide bonds. The SMILES string of the molecule is Cn1cc2c(n1)[C@@H](C(=O)Nc1ccccc1F)CN(C(=O)c1cccc3cccnc13)C2. The van der Waals surface area contributed by atoms with E-state index in [1.807, 2.05) is 24.3 Å². The third kappa shape index (κ3) is 3.49. The molecule has 3 heterocycles. The van der Waals surface area contributed by atoms with Crippen LogP contribution in [0.4, 0.5) is 10.1 Å². The summed E-state index contributed by atoms with van der Waals surface area (Å²) in [6, 6.07) is 15.2. The van der Waals surface area contributed by atoms with Crippen molar-refractivity contribution < 1.29 is 14.0 Å². The van der Waals surface area contributed by atoms with Crippen molar-refractivity contribution in [2.24, 2.45) is 7.05 Å². The van der Waals surface area contributed by atoms with Crippen molar-refractivity contribution >= 4 is 28.4 Å². The molecule has 160 valence electrons. The molecular formula is C24H20FN5O2. The number of pyridine rings is 1. The number of carbonyl (C=O) groups is 2. The normalized spacial score (nSPS) is 15.4. The van der Waals surface area contributed by atoms with Gasteiger partial charge in [0, 0.05) is 43.5 Å². The van der Waals surface area contributed by atoms with Gasteiger partial charge >= 0.3 is 0 Å². The standard InChI is InChI=1S/C24H20FN5O2/c1-29-12-16-13-30(24(32)17-8-4-6-15-7-5-11-26-21(15)17)14-18(22(16)28-29)23(31)27-20-10-3-2-9-19(20)25/h2-12,18H,13-14H2,1H3,(H,27,31)/t18-/m0/s1. The first-order valence-corrected chi connectivity index (χ1v) is 10.2. The number of nitrogens with one attached hydrogen (secondary N) is 1. The molecule has 0 spiro atoms. The maximum absolute atomic E-state index is 14.1. The predicted octanol–water partition coefficient (Wildman–Crippen LogP) is 3.49. The van der Waals surface area contributed by atoms with E-state index in [-0.39, 0.29) is 18.1 Å². The van der Waals surface area contributed by atoms with E-state index in [1.165, 1.54) is 12.1 Å². The Hall–Kier alpha value is -4.07. The second kappa shape index (κ2) is 7.88. The molecule has 0 aliphatic carbocycles. The Morgan fingerprint density at radius 3 is 2.75 bits per heavy atom. The van der Waals surface area contributed by atoms with E-state index in [0.717, 1.165) is 10.9 Å². The molecular weight excluding hydrogens is 409 g/mol. The summed E-state index contributed by atoms with van der Waals surface area (Å²) in [5.41, 5.74) is 2.57. The number of fused-ring (bicyclic) bond motifs is 2. The Morgan fingerprint density at radius 2 is 1.91 bits per heavy atom. The van der Waals surface area contributed by atoms with Crippen LogP contribution >= 0.6 is 0 Å². The van der Waals surface area contributed by atoms with Crippen LogP contribution < -0.4 is 5.32 Å². The highest BCUT2D eigenvalue weighted by Gasteiger charge is 2.36. The third-order valence-corrected chi connectivity index (χ3v) is 5.63. The Labute approximate surface area is 183 Å². The van der Waals surface area contributed by atoms with E-state index in [2.05, 4.69) is 15.4 Å². The number of aryl methyl sites for hydroxylation is 1. The maximum Gasteiger partial charge on any atom is 0.256 e. The van der Waals surface area contributed by atoms with Gasteiger partial charge in [-0.1, -0.05) is 30.3 Å². The second-order valence-electron chi connectivity index (χ2n) is 7.80. The topological polar surface area (TPSA) is 80.1 Å². The van der Waals surface area contributed by atoms with Gasteiger partial charge in [-0.05, 0) is 24.3 Å². The van der Waals surface area contributed by atoms with Crippen LogP contribution in [0, 0.1) is 5.82 Å². The predicted molar refractivity (Wildman–Crippen MR) is 117 cm³/mol. The number of hydrogen-bond donors (Lipinski definition) is 1. The van der Waals surface area contributed by atoms with Crippen molar-refractivity contribution in [3.8, 4) is 0 Å². The van der Waals surface area contributed by atoms with E-state index in [9.17, 15) is 14.0 Å². The summed E-state index contributed by atoms with van der Waals surface area (Å²) in [5.74, 6) is -1.88. The molecule has 1 atom stereocenters. The smallest absolute Gasteiger partial charge is 0.256 e. The fourth-order valence-electron chi connectivity index (χ4n) is 4.14. The summed E-state index contributed by atoms with van der Waals surface area (Å²) >= 11 is 0. The Kier molecular flexibility index (Phi) is 4.89. The number of anilines is 1. The summed E-state index contributed by atoms with van der Waals surface area (Å²) in [6.45, 7) is 0.459. The van der Waals surface area contributed by atoms with Crippen molar-refractivity contribution in [2.75, 3.05) is 11.9 Å². The van der Waals surface area contributed by atoms with Crippen LogP contribution in [0.1, 0.15) is 27.5 Å². The molecule has 7 nitrogen and oxygen atoms in total. The van der Waals surface area contributed by atoms with Crippen LogP contribution in [0.15, 0.2) is 67.0 Å². The number of para-hydroxylation sites is 2. The van der Waals surface area contributed by atoms with Gasteiger partial charge in [-0.2, -0.15) is 5.10 Å². The van der Waals surface area contributed by atoms with Crippen LogP contribution in [-0.2, 0) is 18.4 Å². The maximum atomic E-state index is 14.1. The van der Waals surface area contributed by atoms with Crippen LogP contribution in [0.3, 0.4) is 0 Å². The van der Waals surface area contributed by atoms with Gasteiger partial charge in [-0.25, -0.2) is 4.39 Å². The second-order valence-corrected chi connectivity index (χ2v) is 7.80. The molecule has 1 N–H and O–H groups in total. The first-order chi connectivity index (χ1) is 15.5. The van der Waals surface area contributed by atoms with E-state index < -0.39 is 17.6 Å².